The molecule has 1 fully saturated rings. The van der Waals surface area contributed by atoms with Crippen molar-refractivity contribution >= 4 is 11.8 Å². The molecule has 1 aliphatic heterocycles. The summed E-state index contributed by atoms with van der Waals surface area (Å²) < 4.78 is 5.74. The molecular formula is C19H29N3O3. The zero-order valence-corrected chi connectivity index (χ0v) is 15.5. The first-order valence-corrected chi connectivity index (χ1v) is 8.96. The maximum Gasteiger partial charge on any atom is 0.234 e. The van der Waals surface area contributed by atoms with E-state index in [1.54, 1.807) is 0 Å². The number of carbonyl (C=O) groups is 2. The van der Waals surface area contributed by atoms with Gasteiger partial charge in [-0.2, -0.15) is 0 Å². The van der Waals surface area contributed by atoms with Gasteiger partial charge in [-0.3, -0.25) is 14.5 Å². The lowest BCUT2D eigenvalue weighted by molar-refractivity contribution is -0.133. The van der Waals surface area contributed by atoms with Gasteiger partial charge in [0.15, 0.2) is 0 Å². The van der Waals surface area contributed by atoms with Crippen molar-refractivity contribution in [2.45, 2.75) is 27.2 Å². The van der Waals surface area contributed by atoms with Crippen LogP contribution in [0.2, 0.25) is 0 Å². The van der Waals surface area contributed by atoms with Gasteiger partial charge in [0.25, 0.3) is 0 Å². The maximum absolute atomic E-state index is 12.3. The van der Waals surface area contributed by atoms with Crippen LogP contribution in [0.25, 0.3) is 0 Å². The van der Waals surface area contributed by atoms with E-state index in [4.69, 9.17) is 4.74 Å². The lowest BCUT2D eigenvalue weighted by Gasteiger charge is -2.34. The molecule has 2 rings (SSSR count). The normalized spacial score (nSPS) is 15.1. The maximum atomic E-state index is 12.3. The molecule has 1 aromatic carbocycles. The third-order valence-electron chi connectivity index (χ3n) is 4.37. The van der Waals surface area contributed by atoms with Crippen LogP contribution < -0.4 is 10.1 Å². The monoisotopic (exact) mass is 347 g/mol. The average Bonchev–Trinajstić information content (AvgIpc) is 2.57. The van der Waals surface area contributed by atoms with Crippen LogP contribution in [0.15, 0.2) is 18.2 Å². The number of likely N-dealkylation sites (N-methyl/N-ethyl adjacent to an activating group) is 1. The Kier molecular flexibility index (Phi) is 7.25. The Morgan fingerprint density at radius 1 is 1.16 bits per heavy atom. The molecule has 0 radical (unpaired) electrons. The van der Waals surface area contributed by atoms with E-state index in [2.05, 4.69) is 16.3 Å². The molecule has 0 saturated carbocycles. The number of carbonyl (C=O) groups excluding carboxylic acids is 2. The number of rotatable bonds is 7. The largest absolute Gasteiger partial charge is 0.493 e. The zero-order chi connectivity index (χ0) is 18.2. The molecule has 1 aromatic rings. The molecule has 1 saturated heterocycles. The predicted octanol–water partition coefficient (Wildman–Crippen LogP) is 1.35. The molecule has 138 valence electrons. The van der Waals surface area contributed by atoms with Gasteiger partial charge in [0.2, 0.25) is 11.8 Å². The first-order valence-electron chi connectivity index (χ1n) is 8.96. The quantitative estimate of drug-likeness (QED) is 0.809. The summed E-state index contributed by atoms with van der Waals surface area (Å²) in [6, 6.07) is 6.04. The fraction of sp³-hybridized carbons (Fsp3) is 0.579. The second kappa shape index (κ2) is 9.42. The van der Waals surface area contributed by atoms with E-state index < -0.39 is 0 Å². The summed E-state index contributed by atoms with van der Waals surface area (Å²) in [5.74, 6) is 0.997. The number of hydrogen-bond donors (Lipinski definition) is 1. The molecule has 1 heterocycles. The van der Waals surface area contributed by atoms with E-state index in [-0.39, 0.29) is 11.8 Å². The number of amides is 2. The van der Waals surface area contributed by atoms with Crippen LogP contribution in [-0.2, 0) is 9.59 Å². The first-order chi connectivity index (χ1) is 12.0. The SMILES string of the molecule is CCNC(=O)CN1CCN(C(=O)CCOc2ccc(C)cc2C)CC1. The van der Waals surface area contributed by atoms with E-state index in [1.165, 1.54) is 5.56 Å². The molecule has 0 spiro atoms. The van der Waals surface area contributed by atoms with Crippen molar-refractivity contribution < 1.29 is 14.3 Å². The van der Waals surface area contributed by atoms with Gasteiger partial charge in [0.1, 0.15) is 5.75 Å². The van der Waals surface area contributed by atoms with Crippen molar-refractivity contribution in [2.24, 2.45) is 0 Å². The van der Waals surface area contributed by atoms with Gasteiger partial charge in [-0.05, 0) is 32.4 Å². The summed E-state index contributed by atoms with van der Waals surface area (Å²) in [7, 11) is 0. The van der Waals surface area contributed by atoms with Crippen molar-refractivity contribution in [3.8, 4) is 5.75 Å². The zero-order valence-electron chi connectivity index (χ0n) is 15.5. The molecule has 6 heteroatoms. The Morgan fingerprint density at radius 3 is 2.52 bits per heavy atom. The molecule has 1 N–H and O–H groups in total. The van der Waals surface area contributed by atoms with Crippen LogP contribution in [0.5, 0.6) is 5.75 Å². The summed E-state index contributed by atoms with van der Waals surface area (Å²) in [4.78, 5) is 27.9. The van der Waals surface area contributed by atoms with Gasteiger partial charge in [0, 0.05) is 32.7 Å². The summed E-state index contributed by atoms with van der Waals surface area (Å²) in [5, 5.41) is 2.80. The molecule has 6 nitrogen and oxygen atoms in total. The number of nitrogens with zero attached hydrogens (tertiary/aromatic N) is 2. The van der Waals surface area contributed by atoms with Gasteiger partial charge >= 0.3 is 0 Å². The lowest BCUT2D eigenvalue weighted by atomic mass is 10.1. The van der Waals surface area contributed by atoms with Gasteiger partial charge in [-0.1, -0.05) is 17.7 Å². The Hall–Kier alpha value is -2.08. The number of aryl methyl sites for hydroxylation is 2. The summed E-state index contributed by atoms with van der Waals surface area (Å²) in [5.41, 5.74) is 2.29. The molecule has 0 aromatic heterocycles. The van der Waals surface area contributed by atoms with Crippen molar-refractivity contribution in [1.29, 1.82) is 0 Å². The second-order valence-corrected chi connectivity index (χ2v) is 6.48. The molecule has 0 unspecified atom stereocenters. The third-order valence-corrected chi connectivity index (χ3v) is 4.37. The Bertz CT molecular complexity index is 596. The molecule has 2 amide bonds. The Labute approximate surface area is 150 Å². The lowest BCUT2D eigenvalue weighted by Crippen LogP contribution is -2.51. The molecule has 0 bridgehead atoms. The van der Waals surface area contributed by atoms with Crippen LogP contribution >= 0.6 is 0 Å². The van der Waals surface area contributed by atoms with E-state index in [0.29, 0.717) is 39.2 Å². The Morgan fingerprint density at radius 2 is 1.88 bits per heavy atom. The molecular weight excluding hydrogens is 318 g/mol. The minimum absolute atomic E-state index is 0.0455. The van der Waals surface area contributed by atoms with Gasteiger partial charge in [0.05, 0.1) is 19.6 Å². The molecule has 25 heavy (non-hydrogen) atoms. The predicted molar refractivity (Wildman–Crippen MR) is 97.7 cm³/mol. The van der Waals surface area contributed by atoms with Crippen LogP contribution in [0.3, 0.4) is 0 Å². The van der Waals surface area contributed by atoms with Crippen molar-refractivity contribution in [3.63, 3.8) is 0 Å². The van der Waals surface area contributed by atoms with E-state index >= 15 is 0 Å². The van der Waals surface area contributed by atoms with Gasteiger partial charge < -0.3 is 15.0 Å². The third kappa shape index (κ3) is 6.05. The van der Waals surface area contributed by atoms with Crippen molar-refractivity contribution in [3.05, 3.63) is 29.3 Å². The van der Waals surface area contributed by atoms with Crippen LogP contribution in [-0.4, -0.2) is 67.5 Å². The number of hydrogen-bond acceptors (Lipinski definition) is 4. The van der Waals surface area contributed by atoms with E-state index in [1.807, 2.05) is 37.8 Å². The smallest absolute Gasteiger partial charge is 0.234 e. The summed E-state index contributed by atoms with van der Waals surface area (Å²) >= 11 is 0. The molecule has 0 atom stereocenters. The number of nitrogens with one attached hydrogen (secondary N) is 1. The summed E-state index contributed by atoms with van der Waals surface area (Å²) in [6.45, 7) is 10.2. The molecule has 1 aliphatic rings. The van der Waals surface area contributed by atoms with Crippen LogP contribution in [0, 0.1) is 13.8 Å². The first kappa shape index (κ1) is 19.2. The van der Waals surface area contributed by atoms with Crippen LogP contribution in [0.1, 0.15) is 24.5 Å². The standard InChI is InChI=1S/C19H29N3O3/c1-4-20-18(23)14-21-8-10-22(11-9-21)19(24)7-12-25-17-6-5-15(2)13-16(17)3/h5-6,13H,4,7-12,14H2,1-3H3,(H,20,23). The number of piperazine rings is 1. The topological polar surface area (TPSA) is 61.9 Å². The van der Waals surface area contributed by atoms with Gasteiger partial charge in [-0.25, -0.2) is 0 Å². The molecule has 0 aliphatic carbocycles. The highest BCUT2D eigenvalue weighted by atomic mass is 16.5. The summed E-state index contributed by atoms with van der Waals surface area (Å²) in [6.07, 6.45) is 0.379. The van der Waals surface area contributed by atoms with E-state index in [0.717, 1.165) is 24.4 Å². The second-order valence-electron chi connectivity index (χ2n) is 6.48. The Balaban J connectivity index is 1.69. The highest BCUT2D eigenvalue weighted by molar-refractivity contribution is 5.78. The van der Waals surface area contributed by atoms with E-state index in [9.17, 15) is 9.59 Å². The highest BCUT2D eigenvalue weighted by Gasteiger charge is 2.22. The van der Waals surface area contributed by atoms with Crippen molar-refractivity contribution in [1.82, 2.24) is 15.1 Å². The van der Waals surface area contributed by atoms with Crippen LogP contribution in [0.4, 0.5) is 0 Å². The average molecular weight is 347 g/mol. The van der Waals surface area contributed by atoms with Gasteiger partial charge in [-0.15, -0.1) is 0 Å². The van der Waals surface area contributed by atoms with Crippen molar-refractivity contribution in [2.75, 3.05) is 45.9 Å². The number of benzene rings is 1. The number of ether oxygens (including phenoxy) is 1. The fourth-order valence-corrected chi connectivity index (χ4v) is 2.98. The minimum Gasteiger partial charge on any atom is -0.493 e. The highest BCUT2D eigenvalue weighted by Crippen LogP contribution is 2.18. The minimum atomic E-state index is 0.0455. The fourth-order valence-electron chi connectivity index (χ4n) is 2.98.